The first-order valence-corrected chi connectivity index (χ1v) is 10.1. The van der Waals surface area contributed by atoms with Crippen LogP contribution in [0.2, 0.25) is 0 Å². The number of amides is 2. The van der Waals surface area contributed by atoms with Gasteiger partial charge >= 0.3 is 6.03 Å². The molecule has 0 spiro atoms. The van der Waals surface area contributed by atoms with E-state index in [0.29, 0.717) is 41.1 Å². The Bertz CT molecular complexity index is 1160. The van der Waals surface area contributed by atoms with Crippen LogP contribution in [0.25, 0.3) is 10.9 Å². The van der Waals surface area contributed by atoms with Crippen molar-refractivity contribution in [3.05, 3.63) is 70.3 Å². The first-order valence-electron chi connectivity index (χ1n) is 10.1. The van der Waals surface area contributed by atoms with E-state index in [1.165, 1.54) is 0 Å². The lowest BCUT2D eigenvalue weighted by atomic mass is 10.2. The summed E-state index contributed by atoms with van der Waals surface area (Å²) in [4.78, 5) is 32.4. The average molecular weight is 403 g/mol. The molecule has 0 aliphatic rings. The molecule has 1 heterocycles. The standard InChI is InChI=1S/C23H25N5O2/c1-4-13-28-21(26-20-12-7-6-11-19(20)22(28)29)16(3)27(5-2)23(30)25-18-10-8-9-17(14-18)15-24/h6-12,14,16H,4-5,13H2,1-3H3,(H,25,30). The summed E-state index contributed by atoms with van der Waals surface area (Å²) in [5, 5.41) is 12.5. The second-order valence-corrected chi connectivity index (χ2v) is 7.03. The summed E-state index contributed by atoms with van der Waals surface area (Å²) < 4.78 is 1.67. The van der Waals surface area contributed by atoms with E-state index in [9.17, 15) is 9.59 Å². The summed E-state index contributed by atoms with van der Waals surface area (Å²) >= 11 is 0. The third-order valence-electron chi connectivity index (χ3n) is 5.02. The van der Waals surface area contributed by atoms with E-state index in [2.05, 4.69) is 11.4 Å². The zero-order chi connectivity index (χ0) is 21.7. The fourth-order valence-electron chi connectivity index (χ4n) is 3.54. The minimum Gasteiger partial charge on any atom is -0.315 e. The summed E-state index contributed by atoms with van der Waals surface area (Å²) in [5.74, 6) is 0.559. The van der Waals surface area contributed by atoms with Gasteiger partial charge in [-0.2, -0.15) is 5.26 Å². The molecule has 154 valence electrons. The van der Waals surface area contributed by atoms with Crippen LogP contribution in [0.5, 0.6) is 0 Å². The summed E-state index contributed by atoms with van der Waals surface area (Å²) in [5.41, 5.74) is 1.54. The van der Waals surface area contributed by atoms with Crippen molar-refractivity contribution in [3.63, 3.8) is 0 Å². The van der Waals surface area contributed by atoms with E-state index >= 15 is 0 Å². The first-order chi connectivity index (χ1) is 14.5. The molecule has 0 saturated carbocycles. The van der Waals surface area contributed by atoms with E-state index in [0.717, 1.165) is 6.42 Å². The highest BCUT2D eigenvalue weighted by Gasteiger charge is 2.25. The number of fused-ring (bicyclic) bond motifs is 1. The molecule has 0 bridgehead atoms. The maximum absolute atomic E-state index is 13.1. The predicted octanol–water partition coefficient (Wildman–Crippen LogP) is 4.29. The number of carbonyl (C=O) groups is 1. The van der Waals surface area contributed by atoms with Gasteiger partial charge in [-0.05, 0) is 50.6 Å². The molecule has 3 aromatic rings. The third-order valence-corrected chi connectivity index (χ3v) is 5.02. The van der Waals surface area contributed by atoms with Crippen molar-refractivity contribution >= 4 is 22.6 Å². The lowest BCUT2D eigenvalue weighted by molar-refractivity contribution is 0.192. The minimum absolute atomic E-state index is 0.0949. The SMILES string of the molecule is CCCn1c(C(C)N(CC)C(=O)Nc2cccc(C#N)c2)nc2ccccc2c1=O. The normalized spacial score (nSPS) is 11.7. The number of nitriles is 1. The van der Waals surface area contributed by atoms with Crippen LogP contribution in [-0.4, -0.2) is 27.0 Å². The van der Waals surface area contributed by atoms with Crippen LogP contribution in [0.15, 0.2) is 53.3 Å². The number of nitrogens with zero attached hydrogens (tertiary/aromatic N) is 4. The molecule has 1 unspecified atom stereocenters. The highest BCUT2D eigenvalue weighted by Crippen LogP contribution is 2.21. The van der Waals surface area contributed by atoms with Crippen LogP contribution in [0.4, 0.5) is 10.5 Å². The van der Waals surface area contributed by atoms with Gasteiger partial charge in [-0.25, -0.2) is 9.78 Å². The van der Waals surface area contributed by atoms with Crippen molar-refractivity contribution in [2.45, 2.75) is 39.8 Å². The summed E-state index contributed by atoms with van der Waals surface area (Å²) in [6, 6.07) is 15.3. The first kappa shape index (κ1) is 21.1. The zero-order valence-electron chi connectivity index (χ0n) is 17.4. The Morgan fingerprint density at radius 3 is 2.70 bits per heavy atom. The highest BCUT2D eigenvalue weighted by atomic mass is 16.2. The van der Waals surface area contributed by atoms with Crippen molar-refractivity contribution in [2.24, 2.45) is 0 Å². The maximum atomic E-state index is 13.1. The Morgan fingerprint density at radius 1 is 1.23 bits per heavy atom. The molecule has 0 aliphatic heterocycles. The van der Waals surface area contributed by atoms with Crippen LogP contribution in [0.1, 0.15) is 44.6 Å². The van der Waals surface area contributed by atoms with Gasteiger partial charge in [0.1, 0.15) is 5.82 Å². The van der Waals surface area contributed by atoms with Gasteiger partial charge in [-0.3, -0.25) is 9.36 Å². The molecular formula is C23H25N5O2. The summed E-state index contributed by atoms with van der Waals surface area (Å²) in [7, 11) is 0. The lowest BCUT2D eigenvalue weighted by Gasteiger charge is -2.29. The van der Waals surface area contributed by atoms with Gasteiger partial charge in [0, 0.05) is 18.8 Å². The molecule has 3 rings (SSSR count). The van der Waals surface area contributed by atoms with E-state index in [1.807, 2.05) is 39.0 Å². The van der Waals surface area contributed by atoms with Gasteiger partial charge in [-0.1, -0.05) is 25.1 Å². The van der Waals surface area contributed by atoms with Crippen LogP contribution < -0.4 is 10.9 Å². The molecule has 1 aromatic heterocycles. The molecule has 0 radical (unpaired) electrons. The van der Waals surface area contributed by atoms with E-state index < -0.39 is 6.04 Å². The topological polar surface area (TPSA) is 91.0 Å². The Labute approximate surface area is 175 Å². The predicted molar refractivity (Wildman–Crippen MR) is 117 cm³/mol. The zero-order valence-corrected chi connectivity index (χ0v) is 17.4. The van der Waals surface area contributed by atoms with Crippen molar-refractivity contribution < 1.29 is 4.79 Å². The van der Waals surface area contributed by atoms with Gasteiger partial charge in [0.05, 0.1) is 28.6 Å². The van der Waals surface area contributed by atoms with Crippen molar-refractivity contribution in [1.82, 2.24) is 14.5 Å². The van der Waals surface area contributed by atoms with Gasteiger partial charge in [0.2, 0.25) is 0 Å². The molecule has 7 heteroatoms. The summed E-state index contributed by atoms with van der Waals surface area (Å²) in [6.45, 7) is 6.71. The molecule has 1 N–H and O–H groups in total. The fraction of sp³-hybridized carbons (Fsp3) is 0.304. The molecule has 7 nitrogen and oxygen atoms in total. The minimum atomic E-state index is -0.419. The molecular weight excluding hydrogens is 378 g/mol. The smallest absolute Gasteiger partial charge is 0.315 e. The molecule has 1 atom stereocenters. The van der Waals surface area contributed by atoms with E-state index in [4.69, 9.17) is 10.2 Å². The molecule has 2 aromatic carbocycles. The monoisotopic (exact) mass is 403 g/mol. The average Bonchev–Trinajstić information content (AvgIpc) is 2.76. The van der Waals surface area contributed by atoms with Crippen molar-refractivity contribution in [1.29, 1.82) is 5.26 Å². The number of anilines is 1. The quantitative estimate of drug-likeness (QED) is 0.664. The number of para-hydroxylation sites is 1. The second kappa shape index (κ2) is 9.23. The number of hydrogen-bond acceptors (Lipinski definition) is 4. The Morgan fingerprint density at radius 2 is 2.00 bits per heavy atom. The van der Waals surface area contributed by atoms with Crippen LogP contribution in [-0.2, 0) is 6.54 Å². The van der Waals surface area contributed by atoms with Crippen LogP contribution in [0.3, 0.4) is 0 Å². The largest absolute Gasteiger partial charge is 0.322 e. The third kappa shape index (κ3) is 4.18. The van der Waals surface area contributed by atoms with E-state index in [1.54, 1.807) is 39.8 Å². The fourth-order valence-corrected chi connectivity index (χ4v) is 3.54. The van der Waals surface area contributed by atoms with Gasteiger partial charge < -0.3 is 10.2 Å². The van der Waals surface area contributed by atoms with Gasteiger partial charge in [0.25, 0.3) is 5.56 Å². The molecule has 0 saturated heterocycles. The lowest BCUT2D eigenvalue weighted by Crippen LogP contribution is -2.40. The number of aromatic nitrogens is 2. The van der Waals surface area contributed by atoms with Crippen molar-refractivity contribution in [2.75, 3.05) is 11.9 Å². The number of nitrogens with one attached hydrogen (secondary N) is 1. The Kier molecular flexibility index (Phi) is 6.48. The number of carbonyl (C=O) groups excluding carboxylic acids is 1. The molecule has 30 heavy (non-hydrogen) atoms. The Balaban J connectivity index is 1.98. The number of urea groups is 1. The maximum Gasteiger partial charge on any atom is 0.322 e. The molecule has 2 amide bonds. The Hall–Kier alpha value is -3.66. The number of rotatable bonds is 6. The van der Waals surface area contributed by atoms with Crippen LogP contribution >= 0.6 is 0 Å². The number of hydrogen-bond donors (Lipinski definition) is 1. The molecule has 0 aliphatic carbocycles. The van der Waals surface area contributed by atoms with Crippen molar-refractivity contribution in [3.8, 4) is 6.07 Å². The van der Waals surface area contributed by atoms with Crippen LogP contribution in [0, 0.1) is 11.3 Å². The highest BCUT2D eigenvalue weighted by molar-refractivity contribution is 5.89. The summed E-state index contributed by atoms with van der Waals surface area (Å²) in [6.07, 6.45) is 0.777. The van der Waals surface area contributed by atoms with Gasteiger partial charge in [-0.15, -0.1) is 0 Å². The molecule has 0 fully saturated rings. The second-order valence-electron chi connectivity index (χ2n) is 7.03. The van der Waals surface area contributed by atoms with Gasteiger partial charge in [0.15, 0.2) is 0 Å². The van der Waals surface area contributed by atoms with E-state index in [-0.39, 0.29) is 11.6 Å². The number of benzene rings is 2.